The second-order valence-electron chi connectivity index (χ2n) is 9.27. The van der Waals surface area contributed by atoms with Crippen LogP contribution in [0, 0.1) is 5.82 Å². The molecule has 0 atom stereocenters. The summed E-state index contributed by atoms with van der Waals surface area (Å²) in [6.45, 7) is 0. The van der Waals surface area contributed by atoms with Gasteiger partial charge >= 0.3 is 0 Å². The van der Waals surface area contributed by atoms with E-state index in [0.29, 0.717) is 39.4 Å². The molecule has 3 heterocycles. The summed E-state index contributed by atoms with van der Waals surface area (Å²) in [6.07, 6.45) is 1.68. The average molecular weight is 511 g/mol. The molecule has 2 aromatic heterocycles. The first kappa shape index (κ1) is 22.7. The van der Waals surface area contributed by atoms with Crippen LogP contribution in [0.15, 0.2) is 109 Å². The summed E-state index contributed by atoms with van der Waals surface area (Å²) < 4.78 is 13.6. The van der Waals surface area contributed by atoms with Crippen molar-refractivity contribution in [2.45, 2.75) is 0 Å². The molecule has 0 bridgehead atoms. The molecule has 7 heteroatoms. The average Bonchev–Trinajstić information content (AvgIpc) is 2.97. The molecule has 4 aromatic carbocycles. The van der Waals surface area contributed by atoms with Crippen molar-refractivity contribution >= 4 is 50.8 Å². The number of nitrogens with one attached hydrogen (secondary N) is 1. The van der Waals surface area contributed by atoms with Crippen LogP contribution < -0.4 is 10.2 Å². The maximum atomic E-state index is 13.6. The molecule has 1 aliphatic heterocycles. The first-order valence-corrected chi connectivity index (χ1v) is 12.4. The summed E-state index contributed by atoms with van der Waals surface area (Å²) in [4.78, 5) is 37.1. The largest absolute Gasteiger partial charge is 0.340 e. The summed E-state index contributed by atoms with van der Waals surface area (Å²) in [5.74, 6) is -0.483. The van der Waals surface area contributed by atoms with Crippen LogP contribution in [-0.2, 0) is 0 Å². The molecule has 1 aliphatic rings. The number of fused-ring (bicyclic) bond motifs is 1. The van der Waals surface area contributed by atoms with Crippen molar-refractivity contribution in [2.24, 2.45) is 0 Å². The highest BCUT2D eigenvalue weighted by atomic mass is 19.1. The van der Waals surface area contributed by atoms with Gasteiger partial charge in [-0.15, -0.1) is 0 Å². The number of pyridine rings is 2. The van der Waals surface area contributed by atoms with Crippen LogP contribution in [0.25, 0.3) is 32.9 Å². The van der Waals surface area contributed by atoms with Crippen LogP contribution in [0.2, 0.25) is 0 Å². The van der Waals surface area contributed by atoms with Gasteiger partial charge in [-0.3, -0.25) is 9.59 Å². The van der Waals surface area contributed by atoms with E-state index in [1.54, 1.807) is 54.7 Å². The van der Waals surface area contributed by atoms with Crippen molar-refractivity contribution in [1.82, 2.24) is 9.97 Å². The minimum absolute atomic E-state index is 0.320. The van der Waals surface area contributed by atoms with Gasteiger partial charge in [0.25, 0.3) is 11.8 Å². The Balaban J connectivity index is 1.25. The fourth-order valence-corrected chi connectivity index (χ4v) is 5.05. The molecule has 0 aliphatic carbocycles. The molecule has 0 saturated heterocycles. The van der Waals surface area contributed by atoms with E-state index < -0.39 is 0 Å². The molecular weight excluding hydrogens is 491 g/mol. The van der Waals surface area contributed by atoms with E-state index in [1.165, 1.54) is 17.0 Å². The van der Waals surface area contributed by atoms with Crippen LogP contribution in [-0.4, -0.2) is 21.8 Å². The van der Waals surface area contributed by atoms with E-state index in [2.05, 4.69) is 10.3 Å². The highest BCUT2D eigenvalue weighted by Gasteiger charge is 2.33. The quantitative estimate of drug-likeness (QED) is 0.255. The molecule has 0 fully saturated rings. The van der Waals surface area contributed by atoms with E-state index in [0.717, 1.165) is 21.9 Å². The Hall–Kier alpha value is -5.43. The fraction of sp³-hybridized carbons (Fsp3) is 0. The van der Waals surface area contributed by atoms with Gasteiger partial charge in [-0.05, 0) is 77.7 Å². The van der Waals surface area contributed by atoms with Gasteiger partial charge < -0.3 is 5.32 Å². The third kappa shape index (κ3) is 3.79. The number of carbonyl (C=O) groups excluding carboxylic acids is 2. The van der Waals surface area contributed by atoms with Gasteiger partial charge in [0.15, 0.2) is 5.65 Å². The standard InChI is InChI=1S/C32H19FN4O2/c33-22-11-9-19(10-12-22)27-18-21-6-3-17-34-29(21)36-30(27)35-23-13-15-24(16-14-23)37-31(38)25-7-1-4-20-5-2-8-26(28(20)25)32(37)39/h1-18H,(H,34,35,36). The first-order chi connectivity index (χ1) is 19.1. The molecule has 7 rings (SSSR count). The maximum Gasteiger partial charge on any atom is 0.265 e. The predicted molar refractivity (Wildman–Crippen MR) is 150 cm³/mol. The highest BCUT2D eigenvalue weighted by Crippen LogP contribution is 2.35. The summed E-state index contributed by atoms with van der Waals surface area (Å²) in [5.41, 5.74) is 4.32. The maximum absolute atomic E-state index is 13.6. The zero-order chi connectivity index (χ0) is 26.5. The Labute approximate surface area is 222 Å². The number of hydrogen-bond acceptors (Lipinski definition) is 5. The monoisotopic (exact) mass is 510 g/mol. The van der Waals surface area contributed by atoms with Gasteiger partial charge in [0, 0.05) is 39.3 Å². The SMILES string of the molecule is O=C1c2cccc3cccc(c23)C(=O)N1c1ccc(Nc2nc3ncccc3cc2-c2ccc(F)cc2)cc1. The van der Waals surface area contributed by atoms with Crippen LogP contribution in [0.3, 0.4) is 0 Å². The smallest absolute Gasteiger partial charge is 0.265 e. The van der Waals surface area contributed by atoms with Gasteiger partial charge in [0.2, 0.25) is 0 Å². The van der Waals surface area contributed by atoms with Crippen LogP contribution >= 0.6 is 0 Å². The third-order valence-corrected chi connectivity index (χ3v) is 6.90. The Bertz CT molecular complexity index is 1890. The second-order valence-corrected chi connectivity index (χ2v) is 9.27. The Kier molecular flexibility index (Phi) is 5.16. The van der Waals surface area contributed by atoms with Gasteiger partial charge in [-0.1, -0.05) is 36.4 Å². The predicted octanol–water partition coefficient (Wildman–Crippen LogP) is 7.13. The van der Waals surface area contributed by atoms with Gasteiger partial charge in [-0.2, -0.15) is 0 Å². The minimum Gasteiger partial charge on any atom is -0.340 e. The van der Waals surface area contributed by atoms with Crippen LogP contribution in [0.1, 0.15) is 20.7 Å². The lowest BCUT2D eigenvalue weighted by molar-refractivity contribution is 0.0893. The normalized spacial score (nSPS) is 12.8. The van der Waals surface area contributed by atoms with E-state index in [1.807, 2.05) is 42.5 Å². The molecular formula is C32H19FN4O2. The molecule has 186 valence electrons. The lowest BCUT2D eigenvalue weighted by Gasteiger charge is -2.27. The number of rotatable bonds is 4. The molecule has 0 unspecified atom stereocenters. The molecule has 0 saturated carbocycles. The number of imide groups is 1. The molecule has 0 radical (unpaired) electrons. The van der Waals surface area contributed by atoms with Gasteiger partial charge in [0.1, 0.15) is 11.6 Å². The molecule has 0 spiro atoms. The zero-order valence-corrected chi connectivity index (χ0v) is 20.4. The zero-order valence-electron chi connectivity index (χ0n) is 20.4. The van der Waals surface area contributed by atoms with E-state index >= 15 is 0 Å². The van der Waals surface area contributed by atoms with Gasteiger partial charge in [-0.25, -0.2) is 19.3 Å². The van der Waals surface area contributed by atoms with E-state index in [4.69, 9.17) is 4.98 Å². The molecule has 1 N–H and O–H groups in total. The van der Waals surface area contributed by atoms with Crippen molar-refractivity contribution in [3.63, 3.8) is 0 Å². The number of carbonyl (C=O) groups is 2. The van der Waals surface area contributed by atoms with Crippen molar-refractivity contribution in [3.05, 3.63) is 126 Å². The number of aromatic nitrogens is 2. The Morgan fingerprint density at radius 1 is 0.692 bits per heavy atom. The molecule has 2 amide bonds. The minimum atomic E-state index is -0.356. The van der Waals surface area contributed by atoms with Gasteiger partial charge in [0.05, 0.1) is 5.69 Å². The molecule has 6 nitrogen and oxygen atoms in total. The Morgan fingerprint density at radius 3 is 2.05 bits per heavy atom. The lowest BCUT2D eigenvalue weighted by atomic mass is 9.94. The van der Waals surface area contributed by atoms with Crippen molar-refractivity contribution in [3.8, 4) is 11.1 Å². The third-order valence-electron chi connectivity index (χ3n) is 6.90. The fourth-order valence-electron chi connectivity index (χ4n) is 5.05. The van der Waals surface area contributed by atoms with Crippen LogP contribution in [0.4, 0.5) is 21.6 Å². The summed E-state index contributed by atoms with van der Waals surface area (Å²) in [7, 11) is 0. The lowest BCUT2D eigenvalue weighted by Crippen LogP contribution is -2.40. The summed E-state index contributed by atoms with van der Waals surface area (Å²) >= 11 is 0. The number of anilines is 3. The van der Waals surface area contributed by atoms with E-state index in [9.17, 15) is 14.0 Å². The summed E-state index contributed by atoms with van der Waals surface area (Å²) in [5, 5.41) is 5.74. The number of halogens is 1. The highest BCUT2D eigenvalue weighted by molar-refractivity contribution is 6.35. The van der Waals surface area contributed by atoms with Crippen LogP contribution in [0.5, 0.6) is 0 Å². The first-order valence-electron chi connectivity index (χ1n) is 12.4. The van der Waals surface area contributed by atoms with E-state index in [-0.39, 0.29) is 17.6 Å². The Morgan fingerprint density at radius 2 is 1.36 bits per heavy atom. The number of nitrogens with zero attached hydrogens (tertiary/aromatic N) is 3. The molecule has 6 aromatic rings. The van der Waals surface area contributed by atoms with Crippen molar-refractivity contribution in [1.29, 1.82) is 0 Å². The van der Waals surface area contributed by atoms with Crippen molar-refractivity contribution in [2.75, 3.05) is 10.2 Å². The molecule has 39 heavy (non-hydrogen) atoms. The number of amides is 2. The second kappa shape index (κ2) is 8.85. The van der Waals surface area contributed by atoms with Crippen molar-refractivity contribution < 1.29 is 14.0 Å². The number of benzene rings is 4. The summed E-state index contributed by atoms with van der Waals surface area (Å²) in [6, 6.07) is 29.9. The topological polar surface area (TPSA) is 75.2 Å². The number of hydrogen-bond donors (Lipinski definition) is 1.